The molecule has 1 aliphatic carbocycles. The van der Waals surface area contributed by atoms with Gasteiger partial charge in [0.25, 0.3) is 0 Å². The molecule has 0 spiro atoms. The zero-order chi connectivity index (χ0) is 13.0. The molecular weight excluding hydrogens is 265 g/mol. The quantitative estimate of drug-likeness (QED) is 0.794. The van der Waals surface area contributed by atoms with Gasteiger partial charge in [-0.1, -0.05) is 54.6 Å². The van der Waals surface area contributed by atoms with Gasteiger partial charge in [0.1, 0.15) is 0 Å². The SMILES string of the molecule is CNC1CCCCCC1Cc1cccc(Cl)c1Cl. The fraction of sp³-hybridized carbons (Fsp3) is 0.600. The molecule has 100 valence electrons. The lowest BCUT2D eigenvalue weighted by Crippen LogP contribution is -2.33. The average Bonchev–Trinajstić information content (AvgIpc) is 2.60. The van der Waals surface area contributed by atoms with Crippen molar-refractivity contribution < 1.29 is 0 Å². The molecule has 1 aromatic rings. The summed E-state index contributed by atoms with van der Waals surface area (Å²) >= 11 is 12.4. The fourth-order valence-corrected chi connectivity index (χ4v) is 3.39. The minimum atomic E-state index is 0.613. The van der Waals surface area contributed by atoms with Crippen molar-refractivity contribution in [2.75, 3.05) is 7.05 Å². The Hall–Kier alpha value is -0.240. The number of hydrogen-bond acceptors (Lipinski definition) is 1. The second kappa shape index (κ2) is 6.79. The predicted molar refractivity (Wildman–Crippen MR) is 79.6 cm³/mol. The highest BCUT2D eigenvalue weighted by atomic mass is 35.5. The topological polar surface area (TPSA) is 12.0 Å². The first-order valence-corrected chi connectivity index (χ1v) is 7.58. The molecule has 1 aromatic carbocycles. The maximum absolute atomic E-state index is 6.29. The zero-order valence-electron chi connectivity index (χ0n) is 10.9. The summed E-state index contributed by atoms with van der Waals surface area (Å²) in [5.74, 6) is 0.675. The summed E-state index contributed by atoms with van der Waals surface area (Å²) in [5, 5.41) is 4.88. The Morgan fingerprint density at radius 3 is 2.72 bits per heavy atom. The van der Waals surface area contributed by atoms with E-state index in [0.29, 0.717) is 17.0 Å². The smallest absolute Gasteiger partial charge is 0.0624 e. The predicted octanol–water partition coefficient (Wildman–Crippen LogP) is 4.70. The Morgan fingerprint density at radius 2 is 1.94 bits per heavy atom. The molecular formula is C15H21Cl2N. The number of benzene rings is 1. The fourth-order valence-electron chi connectivity index (χ4n) is 3.00. The van der Waals surface area contributed by atoms with E-state index in [9.17, 15) is 0 Å². The normalized spacial score (nSPS) is 24.8. The molecule has 2 rings (SSSR count). The molecule has 0 radical (unpaired) electrons. The molecule has 0 aromatic heterocycles. The van der Waals surface area contributed by atoms with Crippen molar-refractivity contribution in [2.45, 2.75) is 44.6 Å². The first-order chi connectivity index (χ1) is 8.72. The van der Waals surface area contributed by atoms with Crippen LogP contribution in [0.2, 0.25) is 10.0 Å². The molecule has 0 saturated heterocycles. The van der Waals surface area contributed by atoms with Gasteiger partial charge in [0.05, 0.1) is 10.0 Å². The second-order valence-corrected chi connectivity index (χ2v) is 6.00. The average molecular weight is 286 g/mol. The van der Waals surface area contributed by atoms with Crippen LogP contribution in [0.3, 0.4) is 0 Å². The van der Waals surface area contributed by atoms with Crippen LogP contribution in [-0.4, -0.2) is 13.1 Å². The lowest BCUT2D eigenvalue weighted by molar-refractivity contribution is 0.350. The van der Waals surface area contributed by atoms with E-state index in [0.717, 1.165) is 11.4 Å². The number of hydrogen-bond donors (Lipinski definition) is 1. The van der Waals surface area contributed by atoms with E-state index >= 15 is 0 Å². The van der Waals surface area contributed by atoms with Crippen LogP contribution in [0, 0.1) is 5.92 Å². The van der Waals surface area contributed by atoms with Crippen LogP contribution >= 0.6 is 23.2 Å². The number of halogens is 2. The van der Waals surface area contributed by atoms with E-state index in [1.807, 2.05) is 12.1 Å². The first-order valence-electron chi connectivity index (χ1n) is 6.82. The van der Waals surface area contributed by atoms with Crippen molar-refractivity contribution in [1.29, 1.82) is 0 Å². The minimum absolute atomic E-state index is 0.613. The molecule has 1 nitrogen and oxygen atoms in total. The van der Waals surface area contributed by atoms with Gasteiger partial charge in [-0.05, 0) is 43.9 Å². The Morgan fingerprint density at radius 1 is 1.17 bits per heavy atom. The van der Waals surface area contributed by atoms with Crippen LogP contribution in [0.4, 0.5) is 0 Å². The van der Waals surface area contributed by atoms with Crippen molar-refractivity contribution in [1.82, 2.24) is 5.32 Å². The number of rotatable bonds is 3. The van der Waals surface area contributed by atoms with Crippen LogP contribution < -0.4 is 5.32 Å². The Balaban J connectivity index is 2.12. The van der Waals surface area contributed by atoms with E-state index in [4.69, 9.17) is 23.2 Å². The van der Waals surface area contributed by atoms with E-state index < -0.39 is 0 Å². The molecule has 18 heavy (non-hydrogen) atoms. The molecule has 3 heteroatoms. The van der Waals surface area contributed by atoms with E-state index in [1.165, 1.54) is 37.7 Å². The summed E-state index contributed by atoms with van der Waals surface area (Å²) < 4.78 is 0. The van der Waals surface area contributed by atoms with Crippen molar-refractivity contribution >= 4 is 23.2 Å². The third-order valence-electron chi connectivity index (χ3n) is 4.04. The summed E-state index contributed by atoms with van der Waals surface area (Å²) in [6, 6.07) is 6.57. The van der Waals surface area contributed by atoms with Crippen LogP contribution in [0.5, 0.6) is 0 Å². The summed E-state index contributed by atoms with van der Waals surface area (Å²) in [6.45, 7) is 0. The molecule has 1 fully saturated rings. The molecule has 1 saturated carbocycles. The molecule has 0 amide bonds. The maximum atomic E-state index is 6.29. The van der Waals surface area contributed by atoms with Gasteiger partial charge in [-0.2, -0.15) is 0 Å². The largest absolute Gasteiger partial charge is 0.317 e. The molecule has 0 bridgehead atoms. The summed E-state index contributed by atoms with van der Waals surface area (Å²) in [6.07, 6.45) is 7.63. The third kappa shape index (κ3) is 3.40. The van der Waals surface area contributed by atoms with Gasteiger partial charge in [0.15, 0.2) is 0 Å². The van der Waals surface area contributed by atoms with Gasteiger partial charge < -0.3 is 5.32 Å². The molecule has 1 aliphatic rings. The Bertz CT molecular complexity index is 392. The van der Waals surface area contributed by atoms with Crippen molar-refractivity contribution in [3.8, 4) is 0 Å². The van der Waals surface area contributed by atoms with Crippen LogP contribution in [-0.2, 0) is 6.42 Å². The molecule has 0 aliphatic heterocycles. The van der Waals surface area contributed by atoms with Gasteiger partial charge in [-0.3, -0.25) is 0 Å². The standard InChI is InChI=1S/C15H21Cl2N/c1-18-14-9-4-2-3-6-11(14)10-12-7-5-8-13(16)15(12)17/h5,7-8,11,14,18H,2-4,6,9-10H2,1H3. The van der Waals surface area contributed by atoms with Crippen LogP contribution in [0.1, 0.15) is 37.7 Å². The van der Waals surface area contributed by atoms with Crippen molar-refractivity contribution in [3.05, 3.63) is 33.8 Å². The third-order valence-corrected chi connectivity index (χ3v) is 4.90. The maximum Gasteiger partial charge on any atom is 0.0624 e. The number of nitrogens with one attached hydrogen (secondary N) is 1. The highest BCUT2D eigenvalue weighted by molar-refractivity contribution is 6.42. The lowest BCUT2D eigenvalue weighted by Gasteiger charge is -2.25. The van der Waals surface area contributed by atoms with Crippen molar-refractivity contribution in [2.24, 2.45) is 5.92 Å². The van der Waals surface area contributed by atoms with Crippen LogP contribution in [0.25, 0.3) is 0 Å². The summed E-state index contributed by atoms with van der Waals surface area (Å²) in [4.78, 5) is 0. The Kier molecular flexibility index (Phi) is 5.35. The molecule has 2 atom stereocenters. The highest BCUT2D eigenvalue weighted by Gasteiger charge is 2.23. The van der Waals surface area contributed by atoms with Crippen molar-refractivity contribution in [3.63, 3.8) is 0 Å². The monoisotopic (exact) mass is 285 g/mol. The van der Waals surface area contributed by atoms with Gasteiger partial charge in [0.2, 0.25) is 0 Å². The molecule has 1 N–H and O–H groups in total. The molecule has 2 unspecified atom stereocenters. The highest BCUT2D eigenvalue weighted by Crippen LogP contribution is 2.31. The van der Waals surface area contributed by atoms with Gasteiger partial charge in [-0.25, -0.2) is 0 Å². The van der Waals surface area contributed by atoms with Gasteiger partial charge in [0, 0.05) is 6.04 Å². The van der Waals surface area contributed by atoms with Gasteiger partial charge >= 0.3 is 0 Å². The van der Waals surface area contributed by atoms with Crippen LogP contribution in [0.15, 0.2) is 18.2 Å². The Labute approximate surface area is 120 Å². The first kappa shape index (κ1) is 14.2. The van der Waals surface area contributed by atoms with E-state index in [2.05, 4.69) is 18.4 Å². The summed E-state index contributed by atoms with van der Waals surface area (Å²) in [5.41, 5.74) is 1.19. The second-order valence-electron chi connectivity index (χ2n) is 5.21. The summed E-state index contributed by atoms with van der Waals surface area (Å²) in [7, 11) is 2.07. The molecule has 0 heterocycles. The van der Waals surface area contributed by atoms with E-state index in [1.54, 1.807) is 0 Å². The minimum Gasteiger partial charge on any atom is -0.317 e. The van der Waals surface area contributed by atoms with E-state index in [-0.39, 0.29) is 0 Å². The zero-order valence-corrected chi connectivity index (χ0v) is 12.4. The lowest BCUT2D eigenvalue weighted by atomic mass is 9.88. The van der Waals surface area contributed by atoms with Gasteiger partial charge in [-0.15, -0.1) is 0 Å².